The zero-order valence-electron chi connectivity index (χ0n) is 5.46. The topological polar surface area (TPSA) is 50.1 Å². The summed E-state index contributed by atoms with van der Waals surface area (Å²) in [5.41, 5.74) is 7.72. The van der Waals surface area contributed by atoms with Gasteiger partial charge in [0, 0.05) is 11.4 Å². The third-order valence-electron chi connectivity index (χ3n) is 1.55. The third kappa shape index (κ3) is 0.734. The van der Waals surface area contributed by atoms with Crippen LogP contribution < -0.4 is 16.1 Å². The first kappa shape index (κ1) is 5.62. The van der Waals surface area contributed by atoms with Crippen LogP contribution in [0, 0.1) is 0 Å². The molecule has 0 aliphatic carbocycles. The minimum absolute atomic E-state index is 0.127. The fraction of sp³-hybridized carbons (Fsp3) is 0. The number of benzene rings is 1. The van der Waals surface area contributed by atoms with Crippen molar-refractivity contribution in [1.82, 2.24) is 0 Å². The Morgan fingerprint density at radius 3 is 2.10 bits per heavy atom. The fourth-order valence-electron chi connectivity index (χ4n) is 1.11. The van der Waals surface area contributed by atoms with Crippen molar-refractivity contribution < 1.29 is 0 Å². The lowest BCUT2D eigenvalue weighted by Crippen LogP contribution is -2.38. The lowest BCUT2D eigenvalue weighted by molar-refractivity contribution is 1.70. The molecule has 0 saturated heterocycles. The van der Waals surface area contributed by atoms with Gasteiger partial charge in [0.05, 0.1) is 0 Å². The van der Waals surface area contributed by atoms with Gasteiger partial charge in [0.1, 0.15) is 0 Å². The molecule has 1 aliphatic rings. The van der Waals surface area contributed by atoms with E-state index in [9.17, 15) is 0 Å². The first-order chi connectivity index (χ1) is 4.86. The molecule has 1 aromatic carbocycles. The molecule has 1 aliphatic heterocycles. The van der Waals surface area contributed by atoms with Crippen molar-refractivity contribution in [1.29, 1.82) is 0 Å². The van der Waals surface area contributed by atoms with Crippen molar-refractivity contribution in [2.75, 3.05) is 10.5 Å². The highest BCUT2D eigenvalue weighted by Crippen LogP contribution is 2.24. The van der Waals surface area contributed by atoms with Gasteiger partial charge in [-0.05, 0) is 12.1 Å². The molecule has 3 nitrogen and oxygen atoms in total. The molecule has 0 aromatic heterocycles. The molecule has 10 heavy (non-hydrogen) atoms. The second-order valence-corrected chi connectivity index (χ2v) is 2.31. The summed E-state index contributed by atoms with van der Waals surface area (Å²) >= 11 is 0. The van der Waals surface area contributed by atoms with E-state index in [4.69, 9.17) is 5.64 Å². The van der Waals surface area contributed by atoms with E-state index >= 15 is 0 Å². The average molecular weight is 133 g/mol. The molecule has 4 heteroatoms. The number of hydrogen-bond acceptors (Lipinski definition) is 3. The Morgan fingerprint density at radius 1 is 1.10 bits per heavy atom. The molecule has 1 heterocycles. The Bertz CT molecular complexity index is 226. The Kier molecular flexibility index (Phi) is 1.08. The smallest absolute Gasteiger partial charge is 0.394 e. The lowest BCUT2D eigenvalue weighted by atomic mass is 10.0. The van der Waals surface area contributed by atoms with Crippen LogP contribution >= 0.6 is 0 Å². The molecular weight excluding hydrogens is 125 g/mol. The highest BCUT2D eigenvalue weighted by atomic mass is 15.1. The number of para-hydroxylation sites is 2. The van der Waals surface area contributed by atoms with E-state index < -0.39 is 0 Å². The molecule has 0 unspecified atom stereocenters. The van der Waals surface area contributed by atoms with Gasteiger partial charge < -0.3 is 16.1 Å². The number of rotatable bonds is 0. The van der Waals surface area contributed by atoms with Gasteiger partial charge in [0.15, 0.2) is 0 Å². The second kappa shape index (κ2) is 1.92. The summed E-state index contributed by atoms with van der Waals surface area (Å²) in [5, 5.41) is 6.13. The third-order valence-corrected chi connectivity index (χ3v) is 1.55. The van der Waals surface area contributed by atoms with Gasteiger partial charge in [0.2, 0.25) is 0 Å². The summed E-state index contributed by atoms with van der Waals surface area (Å²) in [6.45, 7) is 0. The van der Waals surface area contributed by atoms with Crippen molar-refractivity contribution in [3.05, 3.63) is 24.3 Å². The van der Waals surface area contributed by atoms with Gasteiger partial charge in [-0.3, -0.25) is 0 Å². The van der Waals surface area contributed by atoms with Gasteiger partial charge >= 0.3 is 7.12 Å². The Balaban J connectivity index is 2.42. The van der Waals surface area contributed by atoms with E-state index in [0.717, 1.165) is 11.4 Å². The molecule has 2 rings (SSSR count). The van der Waals surface area contributed by atoms with Crippen LogP contribution in [0.3, 0.4) is 0 Å². The van der Waals surface area contributed by atoms with Gasteiger partial charge in [-0.1, -0.05) is 12.1 Å². The Hall–Kier alpha value is -1.16. The van der Waals surface area contributed by atoms with E-state index in [0.29, 0.717) is 0 Å². The molecule has 0 atom stereocenters. The maximum Gasteiger partial charge on any atom is 0.459 e. The zero-order valence-corrected chi connectivity index (χ0v) is 5.46. The summed E-state index contributed by atoms with van der Waals surface area (Å²) in [6, 6.07) is 7.95. The maximum absolute atomic E-state index is 5.56. The van der Waals surface area contributed by atoms with Gasteiger partial charge in [-0.25, -0.2) is 0 Å². The van der Waals surface area contributed by atoms with Gasteiger partial charge in [0.25, 0.3) is 0 Å². The zero-order chi connectivity index (χ0) is 6.97. The van der Waals surface area contributed by atoms with Crippen LogP contribution in [0.5, 0.6) is 0 Å². The molecular formula is C6H8BN3. The van der Waals surface area contributed by atoms with Crippen molar-refractivity contribution in [2.45, 2.75) is 0 Å². The van der Waals surface area contributed by atoms with Crippen molar-refractivity contribution in [3.8, 4) is 0 Å². The van der Waals surface area contributed by atoms with Crippen molar-refractivity contribution in [2.24, 2.45) is 5.64 Å². The van der Waals surface area contributed by atoms with Crippen LogP contribution in [0.25, 0.3) is 0 Å². The number of anilines is 2. The number of hydrogen-bond donors (Lipinski definition) is 3. The fourth-order valence-corrected chi connectivity index (χ4v) is 1.11. The largest absolute Gasteiger partial charge is 0.459 e. The normalized spacial score (nSPS) is 13.9. The summed E-state index contributed by atoms with van der Waals surface area (Å²) in [4.78, 5) is 0. The summed E-state index contributed by atoms with van der Waals surface area (Å²) in [5.74, 6) is 0. The van der Waals surface area contributed by atoms with E-state index in [-0.39, 0.29) is 7.12 Å². The van der Waals surface area contributed by atoms with E-state index in [1.165, 1.54) is 0 Å². The number of nitrogens with one attached hydrogen (secondary N) is 2. The van der Waals surface area contributed by atoms with Gasteiger partial charge in [-0.2, -0.15) is 0 Å². The molecule has 0 fully saturated rings. The molecule has 0 saturated carbocycles. The minimum atomic E-state index is -0.127. The van der Waals surface area contributed by atoms with Crippen LogP contribution in [-0.4, -0.2) is 7.12 Å². The van der Waals surface area contributed by atoms with Crippen LogP contribution in [-0.2, 0) is 0 Å². The molecule has 0 bridgehead atoms. The predicted octanol–water partition coefficient (Wildman–Crippen LogP) is 0.468. The molecule has 0 amide bonds. The Labute approximate surface area is 59.8 Å². The van der Waals surface area contributed by atoms with E-state index in [1.807, 2.05) is 24.3 Å². The molecule has 0 spiro atoms. The summed E-state index contributed by atoms with van der Waals surface area (Å²) < 4.78 is 0. The van der Waals surface area contributed by atoms with Crippen LogP contribution in [0.4, 0.5) is 11.4 Å². The van der Waals surface area contributed by atoms with E-state index in [2.05, 4.69) is 10.5 Å². The quantitative estimate of drug-likeness (QED) is 0.450. The van der Waals surface area contributed by atoms with E-state index in [1.54, 1.807) is 0 Å². The first-order valence-electron chi connectivity index (χ1n) is 3.24. The maximum atomic E-state index is 5.56. The lowest BCUT2D eigenvalue weighted by Gasteiger charge is -1.94. The minimum Gasteiger partial charge on any atom is -0.394 e. The average Bonchev–Trinajstić information content (AvgIpc) is 2.27. The predicted molar refractivity (Wildman–Crippen MR) is 43.6 cm³/mol. The van der Waals surface area contributed by atoms with Crippen LogP contribution in [0.1, 0.15) is 0 Å². The Morgan fingerprint density at radius 2 is 1.60 bits per heavy atom. The second-order valence-electron chi connectivity index (χ2n) is 2.31. The standard InChI is InChI=1S/C6H8BN3/c8-7-9-5-3-1-2-4-6(5)10-7/h1-4,9-10H,8H2. The molecule has 50 valence electrons. The summed E-state index contributed by atoms with van der Waals surface area (Å²) in [6.07, 6.45) is 0. The van der Waals surface area contributed by atoms with Gasteiger partial charge in [-0.15, -0.1) is 0 Å². The highest BCUT2D eigenvalue weighted by molar-refractivity contribution is 6.65. The SMILES string of the molecule is NB1Nc2ccccc2N1. The molecule has 0 radical (unpaired) electrons. The molecule has 4 N–H and O–H groups in total. The first-order valence-corrected chi connectivity index (χ1v) is 3.24. The van der Waals surface area contributed by atoms with Crippen molar-refractivity contribution in [3.63, 3.8) is 0 Å². The number of fused-ring (bicyclic) bond motifs is 1. The summed E-state index contributed by atoms with van der Waals surface area (Å²) in [7, 11) is -0.127. The monoisotopic (exact) mass is 133 g/mol. The van der Waals surface area contributed by atoms with Crippen molar-refractivity contribution >= 4 is 18.5 Å². The highest BCUT2D eigenvalue weighted by Gasteiger charge is 2.19. The van der Waals surface area contributed by atoms with Crippen LogP contribution in [0.2, 0.25) is 0 Å². The van der Waals surface area contributed by atoms with Crippen LogP contribution in [0.15, 0.2) is 24.3 Å². The number of nitrogens with two attached hydrogens (primary N) is 1. The molecule has 1 aromatic rings.